The molecule has 0 unspecified atom stereocenters. The molecule has 0 bridgehead atoms. The van der Waals surface area contributed by atoms with Crippen molar-refractivity contribution in [1.29, 1.82) is 0 Å². The largest absolute Gasteiger partial charge is 0.385 e. The summed E-state index contributed by atoms with van der Waals surface area (Å²) in [6.45, 7) is 2.98. The third-order valence-electron chi connectivity index (χ3n) is 1.27. The van der Waals surface area contributed by atoms with E-state index < -0.39 is 0 Å². The Morgan fingerprint density at radius 3 is 2.54 bits per heavy atom. The Labute approximate surface area is 87.3 Å². The minimum Gasteiger partial charge on any atom is -0.385 e. The van der Waals surface area contributed by atoms with E-state index in [4.69, 9.17) is 21.7 Å². The molecule has 76 valence electrons. The van der Waals surface area contributed by atoms with E-state index in [0.717, 1.165) is 13.0 Å². The van der Waals surface area contributed by atoms with E-state index in [9.17, 15) is 0 Å². The summed E-state index contributed by atoms with van der Waals surface area (Å²) in [4.78, 5) is 3.02. The Morgan fingerprint density at radius 1 is 1.46 bits per heavy atom. The zero-order valence-electron chi connectivity index (χ0n) is 8.22. The van der Waals surface area contributed by atoms with E-state index >= 15 is 0 Å². The van der Waals surface area contributed by atoms with Crippen LogP contribution in [0, 0.1) is 0 Å². The average molecular weight is 220 g/mol. The molecular formula is C7H16N2O2SSi. The van der Waals surface area contributed by atoms with Gasteiger partial charge in [0.2, 0.25) is 0 Å². The molecule has 0 aromatic heterocycles. The Morgan fingerprint density at radius 2 is 2.08 bits per heavy atom. The SMILES string of the molecule is CCCNC(=S)N[Si]C(OC)OC. The van der Waals surface area contributed by atoms with Crippen molar-refractivity contribution in [2.75, 3.05) is 20.8 Å². The van der Waals surface area contributed by atoms with Gasteiger partial charge in [0.05, 0.1) is 0 Å². The molecule has 0 aromatic carbocycles. The molecular weight excluding hydrogens is 204 g/mol. The summed E-state index contributed by atoms with van der Waals surface area (Å²) in [6.07, 6.45) is 1.06. The zero-order valence-corrected chi connectivity index (χ0v) is 10.0. The highest BCUT2D eigenvalue weighted by Gasteiger charge is 2.07. The molecule has 0 spiro atoms. The molecule has 0 rings (SSSR count). The van der Waals surface area contributed by atoms with Gasteiger partial charge in [-0.25, -0.2) is 0 Å². The molecule has 0 aliphatic heterocycles. The van der Waals surface area contributed by atoms with E-state index in [0.29, 0.717) is 14.8 Å². The normalized spacial score (nSPS) is 10.2. The Bertz CT molecular complexity index is 144. The first-order chi connectivity index (χ1) is 6.24. The number of rotatable bonds is 6. The summed E-state index contributed by atoms with van der Waals surface area (Å²) in [7, 11) is 3.52. The van der Waals surface area contributed by atoms with E-state index in [1.54, 1.807) is 14.2 Å². The summed E-state index contributed by atoms with van der Waals surface area (Å²) < 4.78 is 9.99. The van der Waals surface area contributed by atoms with Gasteiger partial charge < -0.3 is 19.8 Å². The third-order valence-corrected chi connectivity index (χ3v) is 2.80. The predicted molar refractivity (Wildman–Crippen MR) is 57.6 cm³/mol. The second-order valence-electron chi connectivity index (χ2n) is 2.33. The number of thiocarbonyl (C=S) groups is 1. The summed E-state index contributed by atoms with van der Waals surface area (Å²) in [6, 6.07) is 0. The van der Waals surface area contributed by atoms with Gasteiger partial charge in [-0.05, 0) is 18.6 Å². The van der Waals surface area contributed by atoms with Gasteiger partial charge in [0.25, 0.3) is 9.68 Å². The van der Waals surface area contributed by atoms with Crippen LogP contribution in [0.25, 0.3) is 0 Å². The van der Waals surface area contributed by atoms with Gasteiger partial charge in [0.15, 0.2) is 11.0 Å². The van der Waals surface area contributed by atoms with Crippen LogP contribution in [0.1, 0.15) is 13.3 Å². The lowest BCUT2D eigenvalue weighted by molar-refractivity contribution is -0.0445. The molecule has 0 atom stereocenters. The second kappa shape index (κ2) is 8.43. The van der Waals surface area contributed by atoms with Gasteiger partial charge in [0, 0.05) is 20.8 Å². The van der Waals surface area contributed by atoms with Crippen LogP contribution in [0.4, 0.5) is 0 Å². The van der Waals surface area contributed by atoms with Crippen LogP contribution in [0.3, 0.4) is 0 Å². The lowest BCUT2D eigenvalue weighted by Gasteiger charge is -2.14. The fraction of sp³-hybridized carbons (Fsp3) is 0.857. The highest BCUT2D eigenvalue weighted by molar-refractivity contribution is 7.80. The highest BCUT2D eigenvalue weighted by atomic mass is 32.1. The molecule has 2 N–H and O–H groups in total. The first kappa shape index (κ1) is 12.8. The van der Waals surface area contributed by atoms with Crippen LogP contribution in [0.5, 0.6) is 0 Å². The fourth-order valence-electron chi connectivity index (χ4n) is 0.621. The number of hydrogen-bond acceptors (Lipinski definition) is 3. The molecule has 0 saturated heterocycles. The molecule has 0 amide bonds. The number of nitrogens with one attached hydrogen (secondary N) is 2. The minimum atomic E-state index is -0.221. The molecule has 6 heteroatoms. The van der Waals surface area contributed by atoms with Gasteiger partial charge in [-0.3, -0.25) is 0 Å². The Kier molecular flexibility index (Phi) is 8.31. The Balaban J connectivity index is 3.44. The van der Waals surface area contributed by atoms with E-state index in [1.165, 1.54) is 0 Å². The van der Waals surface area contributed by atoms with Gasteiger partial charge in [0.1, 0.15) is 0 Å². The van der Waals surface area contributed by atoms with E-state index in [-0.39, 0.29) is 5.91 Å². The quantitative estimate of drug-likeness (QED) is 0.376. The van der Waals surface area contributed by atoms with Crippen LogP contribution in [0.15, 0.2) is 0 Å². The highest BCUT2D eigenvalue weighted by Crippen LogP contribution is 1.84. The number of methoxy groups -OCH3 is 2. The van der Waals surface area contributed by atoms with Gasteiger partial charge in [-0.15, -0.1) is 0 Å². The molecule has 0 saturated carbocycles. The minimum absolute atomic E-state index is 0.221. The molecule has 0 aliphatic rings. The predicted octanol–water partition coefficient (Wildman–Crippen LogP) is 0.0561. The first-order valence-electron chi connectivity index (χ1n) is 4.09. The lowest BCUT2D eigenvalue weighted by atomic mass is 10.5. The average Bonchev–Trinajstić information content (AvgIpc) is 2.16. The van der Waals surface area contributed by atoms with Crippen molar-refractivity contribution in [3.05, 3.63) is 0 Å². The Hall–Kier alpha value is -0.173. The van der Waals surface area contributed by atoms with Crippen LogP contribution in [-0.4, -0.2) is 41.5 Å². The van der Waals surface area contributed by atoms with Crippen molar-refractivity contribution < 1.29 is 9.47 Å². The molecule has 0 fully saturated rings. The smallest absolute Gasteiger partial charge is 0.253 e. The molecule has 13 heavy (non-hydrogen) atoms. The molecule has 0 heterocycles. The van der Waals surface area contributed by atoms with Crippen LogP contribution >= 0.6 is 12.2 Å². The summed E-state index contributed by atoms with van der Waals surface area (Å²) in [5.41, 5.74) is 0. The van der Waals surface area contributed by atoms with Crippen molar-refractivity contribution in [2.45, 2.75) is 19.3 Å². The van der Waals surface area contributed by atoms with Gasteiger partial charge in [-0.1, -0.05) is 6.92 Å². The summed E-state index contributed by atoms with van der Waals surface area (Å²) in [5.74, 6) is -0.221. The van der Waals surface area contributed by atoms with Crippen molar-refractivity contribution in [3.8, 4) is 0 Å². The molecule has 4 nitrogen and oxygen atoms in total. The molecule has 2 radical (unpaired) electrons. The van der Waals surface area contributed by atoms with Crippen molar-refractivity contribution in [2.24, 2.45) is 0 Å². The topological polar surface area (TPSA) is 42.5 Å². The number of hydrogen-bond donors (Lipinski definition) is 2. The van der Waals surface area contributed by atoms with Crippen LogP contribution in [-0.2, 0) is 9.47 Å². The molecule has 0 aliphatic carbocycles. The van der Waals surface area contributed by atoms with Gasteiger partial charge in [-0.2, -0.15) is 0 Å². The van der Waals surface area contributed by atoms with E-state index in [1.807, 2.05) is 0 Å². The summed E-state index contributed by atoms with van der Waals surface area (Å²) in [5, 5.41) is 3.70. The lowest BCUT2D eigenvalue weighted by Crippen LogP contribution is -2.43. The molecule has 0 aromatic rings. The van der Waals surface area contributed by atoms with Gasteiger partial charge >= 0.3 is 0 Å². The van der Waals surface area contributed by atoms with E-state index in [2.05, 4.69) is 17.2 Å². The third kappa shape index (κ3) is 6.94. The maximum atomic E-state index is 5.01. The van der Waals surface area contributed by atoms with Crippen LogP contribution in [0.2, 0.25) is 0 Å². The zero-order chi connectivity index (χ0) is 10.1. The standard InChI is InChI=1S/C7H16N2O2SSi/c1-4-5-8-6(12)9-13-7(10-2)11-3/h7H,4-5H2,1-3H3,(H2,8,9,12). The van der Waals surface area contributed by atoms with Crippen LogP contribution < -0.4 is 10.3 Å². The van der Waals surface area contributed by atoms with Crippen molar-refractivity contribution in [1.82, 2.24) is 10.3 Å². The maximum absolute atomic E-state index is 5.01. The van der Waals surface area contributed by atoms with Crippen molar-refractivity contribution in [3.63, 3.8) is 0 Å². The van der Waals surface area contributed by atoms with Crippen molar-refractivity contribution >= 4 is 27.0 Å². The first-order valence-corrected chi connectivity index (χ1v) is 5.58. The second-order valence-corrected chi connectivity index (χ2v) is 3.75. The monoisotopic (exact) mass is 220 g/mol. The summed E-state index contributed by atoms with van der Waals surface area (Å²) >= 11 is 5.01. The maximum Gasteiger partial charge on any atom is 0.253 e. The fourth-order valence-corrected chi connectivity index (χ4v) is 1.47. The number of ether oxygens (including phenoxy) is 2.